The van der Waals surface area contributed by atoms with Crippen LogP contribution < -0.4 is 10.6 Å². The first-order chi connectivity index (χ1) is 19.1. The minimum Gasteiger partial charge on any atom is -0.417 e. The summed E-state index contributed by atoms with van der Waals surface area (Å²) in [4.78, 5) is 25.0. The van der Waals surface area contributed by atoms with Crippen molar-refractivity contribution in [2.24, 2.45) is 0 Å². The zero-order chi connectivity index (χ0) is 27.0. The van der Waals surface area contributed by atoms with Crippen LogP contribution in [-0.2, 0) is 16.1 Å². The zero-order valence-electron chi connectivity index (χ0n) is 21.0. The largest absolute Gasteiger partial charge is 0.417 e. The van der Waals surface area contributed by atoms with E-state index in [-0.39, 0.29) is 24.4 Å². The average molecular weight is 522 g/mol. The lowest BCUT2D eigenvalue weighted by atomic mass is 10.1. The zero-order valence-corrected chi connectivity index (χ0v) is 21.0. The number of hydrogen-bond donors (Lipinski definition) is 2. The van der Waals surface area contributed by atoms with Crippen LogP contribution in [0.4, 0.5) is 15.9 Å². The third-order valence-corrected chi connectivity index (χ3v) is 5.78. The number of carbonyl (C=O) groups excluding carboxylic acids is 1. The van der Waals surface area contributed by atoms with Crippen LogP contribution in [0.1, 0.15) is 24.1 Å². The minimum atomic E-state index is -0.383. The van der Waals surface area contributed by atoms with Gasteiger partial charge in [-0.1, -0.05) is 48.4 Å². The van der Waals surface area contributed by atoms with E-state index >= 15 is 0 Å². The summed E-state index contributed by atoms with van der Waals surface area (Å²) in [7, 11) is 0. The van der Waals surface area contributed by atoms with Crippen LogP contribution in [0, 0.1) is 17.7 Å². The van der Waals surface area contributed by atoms with E-state index in [0.29, 0.717) is 40.8 Å². The Morgan fingerprint density at radius 1 is 1.05 bits per heavy atom. The van der Waals surface area contributed by atoms with Gasteiger partial charge in [0, 0.05) is 11.3 Å². The number of anilines is 2. The number of nitrogens with one attached hydrogen (secondary N) is 2. The van der Waals surface area contributed by atoms with Gasteiger partial charge in [-0.15, -0.1) is 0 Å². The van der Waals surface area contributed by atoms with Crippen LogP contribution in [0.2, 0.25) is 0 Å². The number of hydrogen-bond acceptors (Lipinski definition) is 7. The Bertz CT molecular complexity index is 1640. The number of benzene rings is 3. The molecule has 0 aliphatic carbocycles. The predicted molar refractivity (Wildman–Crippen MR) is 146 cm³/mol. The molecule has 5 aromatic rings. The summed E-state index contributed by atoms with van der Waals surface area (Å²) in [5, 5.41) is 6.11. The monoisotopic (exact) mass is 521 g/mol. The van der Waals surface area contributed by atoms with Crippen molar-refractivity contribution < 1.29 is 18.3 Å². The lowest BCUT2D eigenvalue weighted by Crippen LogP contribution is -2.18. The number of carbonyl (C=O) groups is 1. The van der Waals surface area contributed by atoms with Crippen molar-refractivity contribution in [1.82, 2.24) is 15.0 Å². The van der Waals surface area contributed by atoms with Crippen LogP contribution in [0.3, 0.4) is 0 Å². The number of oxazole rings is 1. The molecule has 2 N–H and O–H groups in total. The van der Waals surface area contributed by atoms with Crippen LogP contribution in [0.25, 0.3) is 22.7 Å². The number of rotatable bonds is 9. The molecule has 0 fully saturated rings. The fourth-order valence-corrected chi connectivity index (χ4v) is 3.95. The average Bonchev–Trinajstić information content (AvgIpc) is 3.39. The summed E-state index contributed by atoms with van der Waals surface area (Å²) in [5.74, 6) is 5.16. The molecule has 1 amide bonds. The molecule has 0 aliphatic heterocycles. The normalized spacial score (nSPS) is 11.4. The number of ether oxygens (including phenoxy) is 1. The summed E-state index contributed by atoms with van der Waals surface area (Å²) >= 11 is 0. The highest BCUT2D eigenvalue weighted by Crippen LogP contribution is 2.29. The smallest absolute Gasteiger partial charge is 0.300 e. The van der Waals surface area contributed by atoms with Crippen molar-refractivity contribution in [3.8, 4) is 23.3 Å². The number of nitrogens with zero attached hydrogens (tertiary/aromatic N) is 3. The topological polar surface area (TPSA) is 102 Å². The summed E-state index contributed by atoms with van der Waals surface area (Å²) in [5.41, 5.74) is 3.83. The van der Waals surface area contributed by atoms with Crippen molar-refractivity contribution >= 4 is 28.6 Å². The van der Waals surface area contributed by atoms with Gasteiger partial charge in [0.1, 0.15) is 12.1 Å². The molecule has 1 atom stereocenters. The standard InChI is InChI=1S/C30H24FN5O3/c1-2-7-26(37)34-24-14-12-22(13-15-24)29-36-27-28(32-19-33-30(27)39-29)35-25(21-9-4-3-5-10-21)18-38-17-20-8-6-11-23(31)16-20/h3-6,8-16,19,25H,17-18H2,1H3,(H,34,37)(H,32,33,35)/t25-/m1/s1. The van der Waals surface area contributed by atoms with E-state index in [9.17, 15) is 9.18 Å². The quantitative estimate of drug-likeness (QED) is 0.238. The molecule has 0 unspecified atom stereocenters. The molecule has 0 aliphatic rings. The van der Waals surface area contributed by atoms with Crippen molar-refractivity contribution in [1.29, 1.82) is 0 Å². The van der Waals surface area contributed by atoms with Gasteiger partial charge in [0.25, 0.3) is 11.6 Å². The Kier molecular flexibility index (Phi) is 7.86. The molecule has 5 rings (SSSR count). The third kappa shape index (κ3) is 6.44. The Balaban J connectivity index is 1.36. The lowest BCUT2D eigenvalue weighted by molar-refractivity contribution is -0.111. The van der Waals surface area contributed by atoms with E-state index in [2.05, 4.69) is 37.4 Å². The molecule has 39 heavy (non-hydrogen) atoms. The second-order valence-electron chi connectivity index (χ2n) is 8.55. The third-order valence-electron chi connectivity index (χ3n) is 5.78. The maximum Gasteiger partial charge on any atom is 0.300 e. The molecule has 0 saturated heterocycles. The van der Waals surface area contributed by atoms with Crippen molar-refractivity contribution in [3.05, 3.63) is 102 Å². The number of amides is 1. The van der Waals surface area contributed by atoms with E-state index in [1.165, 1.54) is 18.5 Å². The van der Waals surface area contributed by atoms with Gasteiger partial charge in [-0.25, -0.2) is 14.4 Å². The van der Waals surface area contributed by atoms with E-state index in [0.717, 1.165) is 11.1 Å². The predicted octanol–water partition coefficient (Wildman–Crippen LogP) is 5.76. The van der Waals surface area contributed by atoms with Crippen molar-refractivity contribution in [2.75, 3.05) is 17.2 Å². The summed E-state index contributed by atoms with van der Waals surface area (Å²) in [6, 6.07) is 22.9. The molecule has 0 spiro atoms. The molecular formula is C30H24FN5O3. The molecule has 8 nitrogen and oxygen atoms in total. The number of aromatic nitrogens is 3. The second kappa shape index (κ2) is 12.0. The van der Waals surface area contributed by atoms with E-state index in [1.54, 1.807) is 37.3 Å². The molecule has 2 aromatic heterocycles. The van der Waals surface area contributed by atoms with Gasteiger partial charge < -0.3 is 19.8 Å². The fraction of sp³-hybridized carbons (Fsp3) is 0.133. The maximum absolute atomic E-state index is 13.6. The highest BCUT2D eigenvalue weighted by molar-refractivity contribution is 6.04. The lowest BCUT2D eigenvalue weighted by Gasteiger charge is -2.20. The molecule has 3 aromatic carbocycles. The molecule has 194 valence electrons. The molecule has 0 bridgehead atoms. The van der Waals surface area contributed by atoms with Crippen LogP contribution in [0.15, 0.2) is 89.6 Å². The van der Waals surface area contributed by atoms with E-state index < -0.39 is 0 Å². The molecule has 0 radical (unpaired) electrons. The van der Waals surface area contributed by atoms with Gasteiger partial charge in [0.15, 0.2) is 11.3 Å². The maximum atomic E-state index is 13.6. The molecule has 0 saturated carbocycles. The van der Waals surface area contributed by atoms with Gasteiger partial charge >= 0.3 is 0 Å². The first kappa shape index (κ1) is 25.6. The van der Waals surface area contributed by atoms with Gasteiger partial charge in [-0.05, 0) is 60.4 Å². The van der Waals surface area contributed by atoms with Crippen molar-refractivity contribution in [3.63, 3.8) is 0 Å². The van der Waals surface area contributed by atoms with Gasteiger partial charge in [-0.3, -0.25) is 4.79 Å². The van der Waals surface area contributed by atoms with E-state index in [1.807, 2.05) is 36.4 Å². The highest BCUT2D eigenvalue weighted by atomic mass is 19.1. The highest BCUT2D eigenvalue weighted by Gasteiger charge is 2.18. The van der Waals surface area contributed by atoms with Gasteiger partial charge in [-0.2, -0.15) is 4.98 Å². The SMILES string of the molecule is CC#CC(=O)Nc1ccc(-c2nc3c(N[C@H](COCc4cccc(F)c4)c4ccccc4)ncnc3o2)cc1. The summed E-state index contributed by atoms with van der Waals surface area (Å²) in [6.07, 6.45) is 1.41. The van der Waals surface area contributed by atoms with Crippen LogP contribution >= 0.6 is 0 Å². The Morgan fingerprint density at radius 2 is 1.87 bits per heavy atom. The first-order valence-corrected chi connectivity index (χ1v) is 12.2. The first-order valence-electron chi connectivity index (χ1n) is 12.2. The second-order valence-corrected chi connectivity index (χ2v) is 8.55. The van der Waals surface area contributed by atoms with Crippen LogP contribution in [-0.4, -0.2) is 27.5 Å². The Labute approximate surface area is 224 Å². The number of halogens is 1. The molecule has 2 heterocycles. The van der Waals surface area contributed by atoms with Gasteiger partial charge in [0.2, 0.25) is 5.89 Å². The Morgan fingerprint density at radius 3 is 2.64 bits per heavy atom. The minimum absolute atomic E-state index is 0.261. The summed E-state index contributed by atoms with van der Waals surface area (Å²) in [6.45, 7) is 2.16. The molecular weight excluding hydrogens is 497 g/mol. The Hall–Kier alpha value is -5.07. The number of fused-ring (bicyclic) bond motifs is 1. The van der Waals surface area contributed by atoms with Crippen molar-refractivity contribution in [2.45, 2.75) is 19.6 Å². The van der Waals surface area contributed by atoms with Gasteiger partial charge in [0.05, 0.1) is 19.3 Å². The van der Waals surface area contributed by atoms with Crippen LogP contribution in [0.5, 0.6) is 0 Å². The molecule has 9 heteroatoms. The fourth-order valence-electron chi connectivity index (χ4n) is 3.95. The van der Waals surface area contributed by atoms with E-state index in [4.69, 9.17) is 9.15 Å². The summed E-state index contributed by atoms with van der Waals surface area (Å²) < 4.78 is 25.4.